The van der Waals surface area contributed by atoms with E-state index in [-0.39, 0.29) is 0 Å². The Morgan fingerprint density at radius 3 is 2.63 bits per heavy atom. The predicted octanol–water partition coefficient (Wildman–Crippen LogP) is -0.111. The molecule has 0 aromatic heterocycles. The lowest BCUT2D eigenvalue weighted by Crippen LogP contribution is -2.45. The Hall–Kier alpha value is -1.89. The summed E-state index contributed by atoms with van der Waals surface area (Å²) in [6.07, 6.45) is 3.64. The lowest BCUT2D eigenvalue weighted by molar-refractivity contribution is -0.131. The SMILES string of the molecule is CN(CC1CCCN1C)C(=O)NC(=O)C=CC(=O)O. The number of carbonyl (C=O) groups is 3. The van der Waals surface area contributed by atoms with E-state index in [1.807, 2.05) is 7.05 Å². The van der Waals surface area contributed by atoms with Gasteiger partial charge in [-0.3, -0.25) is 10.1 Å². The van der Waals surface area contributed by atoms with Crippen molar-refractivity contribution >= 4 is 17.9 Å². The molecule has 2 N–H and O–H groups in total. The number of likely N-dealkylation sites (N-methyl/N-ethyl adjacent to an activating group) is 2. The number of rotatable bonds is 4. The number of carboxylic acid groups (broad SMARTS) is 1. The number of carboxylic acids is 1. The fourth-order valence-electron chi connectivity index (χ4n) is 2.00. The molecule has 0 aromatic rings. The Labute approximate surface area is 111 Å². The summed E-state index contributed by atoms with van der Waals surface area (Å²) in [5, 5.41) is 10.5. The van der Waals surface area contributed by atoms with E-state index in [4.69, 9.17) is 5.11 Å². The van der Waals surface area contributed by atoms with Crippen molar-refractivity contribution < 1.29 is 19.5 Å². The van der Waals surface area contributed by atoms with Crippen LogP contribution in [0, 0.1) is 0 Å². The van der Waals surface area contributed by atoms with Crippen molar-refractivity contribution in [1.82, 2.24) is 15.1 Å². The van der Waals surface area contributed by atoms with Crippen molar-refractivity contribution in [3.63, 3.8) is 0 Å². The number of hydrogen-bond donors (Lipinski definition) is 2. The number of nitrogens with one attached hydrogen (secondary N) is 1. The molecule has 1 heterocycles. The zero-order valence-electron chi connectivity index (χ0n) is 11.1. The van der Waals surface area contributed by atoms with Gasteiger partial charge in [0.2, 0.25) is 0 Å². The largest absolute Gasteiger partial charge is 0.478 e. The predicted molar refractivity (Wildman–Crippen MR) is 68.6 cm³/mol. The molecule has 1 aliphatic heterocycles. The molecule has 0 bridgehead atoms. The monoisotopic (exact) mass is 269 g/mol. The summed E-state index contributed by atoms with van der Waals surface area (Å²) in [6, 6.07) is -0.222. The topological polar surface area (TPSA) is 90.0 Å². The van der Waals surface area contributed by atoms with Gasteiger partial charge in [-0.05, 0) is 26.4 Å². The molecular formula is C12H19N3O4. The maximum absolute atomic E-state index is 11.7. The Balaban J connectivity index is 2.40. The molecule has 19 heavy (non-hydrogen) atoms. The van der Waals surface area contributed by atoms with Crippen LogP contribution in [0.15, 0.2) is 12.2 Å². The summed E-state index contributed by atoms with van der Waals surface area (Å²) in [5.74, 6) is -1.97. The number of aliphatic carboxylic acids is 1. The maximum Gasteiger partial charge on any atom is 0.328 e. The minimum Gasteiger partial charge on any atom is -0.478 e. The second kappa shape index (κ2) is 6.89. The van der Waals surface area contributed by atoms with Crippen molar-refractivity contribution in [3.8, 4) is 0 Å². The molecule has 1 fully saturated rings. The highest BCUT2D eigenvalue weighted by Crippen LogP contribution is 2.15. The fourth-order valence-corrected chi connectivity index (χ4v) is 2.00. The van der Waals surface area contributed by atoms with Gasteiger partial charge < -0.3 is 14.9 Å². The summed E-state index contributed by atoms with van der Waals surface area (Å²) < 4.78 is 0. The van der Waals surface area contributed by atoms with E-state index in [0.29, 0.717) is 18.7 Å². The van der Waals surface area contributed by atoms with Gasteiger partial charge in [0.25, 0.3) is 5.91 Å². The van der Waals surface area contributed by atoms with Gasteiger partial charge >= 0.3 is 12.0 Å². The molecular weight excluding hydrogens is 250 g/mol. The molecule has 1 aliphatic rings. The van der Waals surface area contributed by atoms with E-state index < -0.39 is 17.9 Å². The van der Waals surface area contributed by atoms with Crippen LogP contribution in [0.2, 0.25) is 0 Å². The van der Waals surface area contributed by atoms with Gasteiger partial charge in [-0.2, -0.15) is 0 Å². The number of imide groups is 1. The number of likely N-dealkylation sites (tertiary alicyclic amines) is 1. The molecule has 0 aromatic carbocycles. The minimum absolute atomic E-state index is 0.306. The second-order valence-corrected chi connectivity index (χ2v) is 4.62. The highest BCUT2D eigenvalue weighted by atomic mass is 16.4. The van der Waals surface area contributed by atoms with E-state index in [2.05, 4.69) is 10.2 Å². The van der Waals surface area contributed by atoms with Crippen molar-refractivity contribution in [3.05, 3.63) is 12.2 Å². The average molecular weight is 269 g/mol. The molecule has 7 nitrogen and oxygen atoms in total. The van der Waals surface area contributed by atoms with Crippen molar-refractivity contribution in [1.29, 1.82) is 0 Å². The normalized spacial score (nSPS) is 19.6. The third-order valence-electron chi connectivity index (χ3n) is 3.11. The van der Waals surface area contributed by atoms with E-state index >= 15 is 0 Å². The number of urea groups is 1. The molecule has 7 heteroatoms. The van der Waals surface area contributed by atoms with Gasteiger partial charge in [0.15, 0.2) is 0 Å². The Bertz CT molecular complexity index is 394. The first kappa shape index (κ1) is 15.2. The lowest BCUT2D eigenvalue weighted by Gasteiger charge is -2.25. The first-order valence-corrected chi connectivity index (χ1v) is 6.07. The van der Waals surface area contributed by atoms with Crippen LogP contribution in [0.25, 0.3) is 0 Å². The van der Waals surface area contributed by atoms with Crippen LogP contribution in [0.4, 0.5) is 4.79 Å². The number of carbonyl (C=O) groups excluding carboxylic acids is 2. The summed E-state index contributed by atoms with van der Waals surface area (Å²) in [6.45, 7) is 1.55. The fraction of sp³-hybridized carbons (Fsp3) is 0.583. The zero-order chi connectivity index (χ0) is 14.4. The number of hydrogen-bond acceptors (Lipinski definition) is 4. The van der Waals surface area contributed by atoms with Gasteiger partial charge in [0.1, 0.15) is 0 Å². The van der Waals surface area contributed by atoms with Crippen molar-refractivity contribution in [2.45, 2.75) is 18.9 Å². The van der Waals surface area contributed by atoms with Crippen LogP contribution in [0.3, 0.4) is 0 Å². The summed E-state index contributed by atoms with van der Waals surface area (Å²) >= 11 is 0. The van der Waals surface area contributed by atoms with E-state index in [0.717, 1.165) is 25.5 Å². The van der Waals surface area contributed by atoms with Gasteiger partial charge in [-0.25, -0.2) is 9.59 Å². The number of nitrogens with zero attached hydrogens (tertiary/aromatic N) is 2. The summed E-state index contributed by atoms with van der Waals surface area (Å²) in [5.41, 5.74) is 0. The number of amides is 3. The standard InChI is InChI=1S/C12H19N3O4/c1-14-7-3-4-9(14)8-15(2)12(19)13-10(16)5-6-11(17)18/h5-6,9H,3-4,7-8H2,1-2H3,(H,17,18)(H,13,16,19). The molecule has 0 aliphatic carbocycles. The van der Waals surface area contributed by atoms with Gasteiger partial charge in [-0.1, -0.05) is 0 Å². The molecule has 0 saturated carbocycles. The Kier molecular flexibility index (Phi) is 5.50. The molecule has 1 saturated heterocycles. The van der Waals surface area contributed by atoms with Crippen LogP contribution in [-0.2, 0) is 9.59 Å². The molecule has 0 spiro atoms. The highest BCUT2D eigenvalue weighted by molar-refractivity contribution is 6.02. The maximum atomic E-state index is 11.7. The molecule has 1 atom stereocenters. The Morgan fingerprint density at radius 2 is 2.11 bits per heavy atom. The lowest BCUT2D eigenvalue weighted by atomic mass is 10.2. The smallest absolute Gasteiger partial charge is 0.328 e. The molecule has 106 valence electrons. The summed E-state index contributed by atoms with van der Waals surface area (Å²) in [4.78, 5) is 36.8. The average Bonchev–Trinajstić information content (AvgIpc) is 2.72. The highest BCUT2D eigenvalue weighted by Gasteiger charge is 2.24. The van der Waals surface area contributed by atoms with Gasteiger partial charge in [0, 0.05) is 31.8 Å². The molecule has 3 amide bonds. The van der Waals surface area contributed by atoms with Crippen LogP contribution in [0.5, 0.6) is 0 Å². The van der Waals surface area contributed by atoms with Gasteiger partial charge in [-0.15, -0.1) is 0 Å². The second-order valence-electron chi connectivity index (χ2n) is 4.62. The zero-order valence-corrected chi connectivity index (χ0v) is 11.1. The van der Waals surface area contributed by atoms with Crippen LogP contribution >= 0.6 is 0 Å². The van der Waals surface area contributed by atoms with Crippen LogP contribution in [0.1, 0.15) is 12.8 Å². The molecule has 0 radical (unpaired) electrons. The Morgan fingerprint density at radius 1 is 1.42 bits per heavy atom. The van der Waals surface area contributed by atoms with E-state index in [1.54, 1.807) is 7.05 Å². The van der Waals surface area contributed by atoms with Crippen molar-refractivity contribution in [2.75, 3.05) is 27.2 Å². The van der Waals surface area contributed by atoms with E-state index in [1.165, 1.54) is 4.90 Å². The third-order valence-corrected chi connectivity index (χ3v) is 3.11. The summed E-state index contributed by atoms with van der Waals surface area (Å²) in [7, 11) is 3.61. The quantitative estimate of drug-likeness (QED) is 0.695. The first-order chi connectivity index (χ1) is 8.90. The minimum atomic E-state index is -1.23. The first-order valence-electron chi connectivity index (χ1n) is 6.07. The van der Waals surface area contributed by atoms with Crippen molar-refractivity contribution in [2.24, 2.45) is 0 Å². The molecule has 1 rings (SSSR count). The van der Waals surface area contributed by atoms with Gasteiger partial charge in [0.05, 0.1) is 0 Å². The van der Waals surface area contributed by atoms with Crippen LogP contribution in [-0.4, -0.2) is 66.0 Å². The van der Waals surface area contributed by atoms with Crippen LogP contribution < -0.4 is 5.32 Å². The van der Waals surface area contributed by atoms with E-state index in [9.17, 15) is 14.4 Å². The molecule has 1 unspecified atom stereocenters. The third kappa shape index (κ3) is 5.09.